The molecule has 2 aliphatic rings. The number of nitrogens with zero attached hydrogens (tertiary/aromatic N) is 2. The number of fused-ring (bicyclic) bond motifs is 3. The molecule has 0 aliphatic heterocycles. The third-order valence-electron chi connectivity index (χ3n) is 8.24. The van der Waals surface area contributed by atoms with E-state index < -0.39 is 35.5 Å². The summed E-state index contributed by atoms with van der Waals surface area (Å²) in [7, 11) is 0. The van der Waals surface area contributed by atoms with E-state index in [0.29, 0.717) is 42.9 Å². The highest BCUT2D eigenvalue weighted by atomic mass is 19.1. The minimum atomic E-state index is -1.07. The first-order valence-corrected chi connectivity index (χ1v) is 15.5. The van der Waals surface area contributed by atoms with E-state index >= 15 is 0 Å². The number of para-hydroxylation sites is 1. The molecule has 5 aromatic rings. The molecular formula is C37H31F3N4O4. The van der Waals surface area contributed by atoms with Gasteiger partial charge in [-0.05, 0) is 54.7 Å². The molecule has 3 aromatic heterocycles. The first kappa shape index (κ1) is 32.4. The van der Waals surface area contributed by atoms with Crippen molar-refractivity contribution in [2.24, 2.45) is 0 Å². The van der Waals surface area contributed by atoms with Crippen molar-refractivity contribution >= 4 is 28.6 Å². The van der Waals surface area contributed by atoms with Crippen LogP contribution in [0.2, 0.25) is 0 Å². The maximum atomic E-state index is 13.5. The second kappa shape index (κ2) is 14.0. The van der Waals surface area contributed by atoms with Gasteiger partial charge in [0.25, 0.3) is 11.8 Å². The molecule has 2 amide bonds. The van der Waals surface area contributed by atoms with Crippen molar-refractivity contribution in [2.45, 2.75) is 51.6 Å². The Kier molecular flexibility index (Phi) is 9.47. The third kappa shape index (κ3) is 7.52. The molecule has 2 aliphatic carbocycles. The number of benzene rings is 2. The van der Waals surface area contributed by atoms with Gasteiger partial charge in [0.15, 0.2) is 0 Å². The van der Waals surface area contributed by atoms with Gasteiger partial charge in [-0.1, -0.05) is 42.5 Å². The maximum Gasteiger partial charge on any atom is 0.270 e. The minimum absolute atomic E-state index is 0.0583. The number of hydrogen-bond acceptors (Lipinski definition) is 6. The Morgan fingerprint density at radius 2 is 1.35 bits per heavy atom. The molecular weight excluding hydrogens is 621 g/mol. The predicted octanol–water partition coefficient (Wildman–Crippen LogP) is 6.29. The van der Waals surface area contributed by atoms with Crippen LogP contribution in [0.3, 0.4) is 0 Å². The van der Waals surface area contributed by atoms with Crippen molar-refractivity contribution in [3.63, 3.8) is 0 Å². The lowest BCUT2D eigenvalue weighted by atomic mass is 9.92. The van der Waals surface area contributed by atoms with Gasteiger partial charge in [0.2, 0.25) is 0 Å². The van der Waals surface area contributed by atoms with E-state index in [-0.39, 0.29) is 23.8 Å². The lowest BCUT2D eigenvalue weighted by Gasteiger charge is -2.17. The molecule has 0 bridgehead atoms. The van der Waals surface area contributed by atoms with Gasteiger partial charge >= 0.3 is 0 Å². The number of carbonyl (C=O) groups is 3. The summed E-state index contributed by atoms with van der Waals surface area (Å²) >= 11 is 0. The highest BCUT2D eigenvalue weighted by molar-refractivity contribution is 5.93. The molecule has 11 heteroatoms. The van der Waals surface area contributed by atoms with Crippen LogP contribution < -0.4 is 10.6 Å². The van der Waals surface area contributed by atoms with Crippen LogP contribution in [0.25, 0.3) is 11.0 Å². The molecule has 0 spiro atoms. The van der Waals surface area contributed by atoms with Gasteiger partial charge in [-0.2, -0.15) is 0 Å². The molecule has 0 unspecified atom stereocenters. The number of carbonyl (C=O) groups excluding carboxylic acids is 3. The average molecular weight is 653 g/mol. The number of furan rings is 1. The van der Waals surface area contributed by atoms with E-state index in [2.05, 4.69) is 27.2 Å². The second-order valence-corrected chi connectivity index (χ2v) is 11.7. The fraction of sp³-hybridized carbons (Fsp3) is 0.216. The number of rotatable bonds is 6. The summed E-state index contributed by atoms with van der Waals surface area (Å²) in [5.74, 6) is -3.19. The van der Waals surface area contributed by atoms with E-state index in [9.17, 15) is 27.6 Å². The Morgan fingerprint density at radius 1 is 0.750 bits per heavy atom. The largest absolute Gasteiger partial charge is 0.459 e. The highest BCUT2D eigenvalue weighted by Gasteiger charge is 2.20. The monoisotopic (exact) mass is 652 g/mol. The quantitative estimate of drug-likeness (QED) is 0.209. The number of nitrogens with one attached hydrogen (secondary N) is 2. The van der Waals surface area contributed by atoms with Gasteiger partial charge in [0, 0.05) is 54.6 Å². The van der Waals surface area contributed by atoms with Crippen LogP contribution in [0, 0.1) is 17.5 Å². The molecule has 244 valence electrons. The number of amides is 2. The van der Waals surface area contributed by atoms with Crippen LogP contribution in [0.4, 0.5) is 13.2 Å². The Morgan fingerprint density at radius 3 is 2.02 bits per heavy atom. The number of hydrogen-bond donors (Lipinski definition) is 2. The van der Waals surface area contributed by atoms with Crippen LogP contribution in [0.5, 0.6) is 0 Å². The average Bonchev–Trinajstić information content (AvgIpc) is 3.49. The van der Waals surface area contributed by atoms with Gasteiger partial charge in [-0.25, -0.2) is 23.1 Å². The van der Waals surface area contributed by atoms with Crippen LogP contribution >= 0.6 is 0 Å². The Hall–Kier alpha value is -5.58. The normalized spacial score (nSPS) is 13.6. The summed E-state index contributed by atoms with van der Waals surface area (Å²) in [6.07, 6.45) is 3.96. The van der Waals surface area contributed by atoms with Gasteiger partial charge in [0.05, 0.1) is 12.2 Å². The van der Waals surface area contributed by atoms with Gasteiger partial charge in [-0.15, -0.1) is 0 Å². The van der Waals surface area contributed by atoms with Crippen molar-refractivity contribution in [2.75, 3.05) is 0 Å². The SMILES string of the molecule is C=C1CCc2ccc(C(=O)NCc3cc4ccccc4o3)nc2C1.O=C1CCc2ccc(C(=O)NCc3c(F)cc(F)cc3F)nc2C1. The molecule has 0 radical (unpaired) electrons. The summed E-state index contributed by atoms with van der Waals surface area (Å²) < 4.78 is 45.7. The van der Waals surface area contributed by atoms with E-state index in [4.69, 9.17) is 4.42 Å². The molecule has 2 N–H and O–H groups in total. The standard InChI is InChI=1S/C20H18N2O2.C17H13F3N2O2/c1-13-6-7-14-8-9-17(22-18(14)10-13)20(23)21-12-16-11-15-4-2-3-5-19(15)24-16;18-10-5-13(19)12(14(20)6-10)8-21-17(24)15-4-2-9-1-3-11(23)7-16(9)22-15/h2-5,8-9,11H,1,6-7,10,12H2,(H,21,23);2,4-6H,1,3,7-8H2,(H,21,24). The van der Waals surface area contributed by atoms with Crippen molar-refractivity contribution < 1.29 is 32.0 Å². The van der Waals surface area contributed by atoms with E-state index in [0.717, 1.165) is 47.2 Å². The topological polar surface area (TPSA) is 114 Å². The summed E-state index contributed by atoms with van der Waals surface area (Å²) in [6, 6.07) is 17.9. The summed E-state index contributed by atoms with van der Waals surface area (Å²) in [4.78, 5) is 44.6. The number of ketones is 1. The van der Waals surface area contributed by atoms with Gasteiger partial charge in [-0.3, -0.25) is 14.4 Å². The summed E-state index contributed by atoms with van der Waals surface area (Å²) in [6.45, 7) is 3.94. The summed E-state index contributed by atoms with van der Waals surface area (Å²) in [5.41, 5.74) is 5.74. The number of Topliss-reactive ketones (excluding diaryl/α,β-unsaturated/α-hetero) is 1. The van der Waals surface area contributed by atoms with Crippen molar-refractivity contribution in [3.8, 4) is 0 Å². The minimum Gasteiger partial charge on any atom is -0.459 e. The lowest BCUT2D eigenvalue weighted by molar-refractivity contribution is -0.118. The highest BCUT2D eigenvalue weighted by Crippen LogP contribution is 2.23. The van der Waals surface area contributed by atoms with Crippen LogP contribution in [0.1, 0.15) is 67.7 Å². The molecule has 48 heavy (non-hydrogen) atoms. The Balaban J connectivity index is 0.000000167. The second-order valence-electron chi connectivity index (χ2n) is 11.7. The molecule has 7 rings (SSSR count). The fourth-order valence-electron chi connectivity index (χ4n) is 5.64. The first-order valence-electron chi connectivity index (χ1n) is 15.5. The summed E-state index contributed by atoms with van der Waals surface area (Å²) in [5, 5.41) is 6.26. The maximum absolute atomic E-state index is 13.5. The van der Waals surface area contributed by atoms with Crippen LogP contribution in [-0.4, -0.2) is 27.6 Å². The molecule has 3 heterocycles. The molecule has 0 fully saturated rings. The van der Waals surface area contributed by atoms with E-state index in [1.807, 2.05) is 36.4 Å². The van der Waals surface area contributed by atoms with E-state index in [1.54, 1.807) is 12.1 Å². The van der Waals surface area contributed by atoms with Crippen LogP contribution in [-0.2, 0) is 43.6 Å². The molecule has 2 aromatic carbocycles. The van der Waals surface area contributed by atoms with E-state index in [1.165, 1.54) is 17.2 Å². The van der Waals surface area contributed by atoms with Crippen molar-refractivity contribution in [1.29, 1.82) is 0 Å². The Labute approximate surface area is 274 Å². The Bertz CT molecular complexity index is 2020. The number of halogens is 3. The van der Waals surface area contributed by atoms with Gasteiger partial charge in [0.1, 0.15) is 46.0 Å². The van der Waals surface area contributed by atoms with Crippen molar-refractivity contribution in [3.05, 3.63) is 142 Å². The third-order valence-corrected chi connectivity index (χ3v) is 8.24. The zero-order chi connectivity index (χ0) is 33.8. The van der Waals surface area contributed by atoms with Gasteiger partial charge < -0.3 is 15.1 Å². The number of aryl methyl sites for hydroxylation is 2. The fourth-order valence-corrected chi connectivity index (χ4v) is 5.64. The lowest BCUT2D eigenvalue weighted by Crippen LogP contribution is -2.26. The first-order chi connectivity index (χ1) is 23.1. The molecule has 8 nitrogen and oxygen atoms in total. The molecule has 0 atom stereocenters. The number of allylic oxidation sites excluding steroid dienone is 1. The van der Waals surface area contributed by atoms with Crippen molar-refractivity contribution in [1.82, 2.24) is 20.6 Å². The number of pyridine rings is 2. The molecule has 0 saturated heterocycles. The zero-order valence-corrected chi connectivity index (χ0v) is 25.9. The zero-order valence-electron chi connectivity index (χ0n) is 25.9. The smallest absolute Gasteiger partial charge is 0.270 e. The predicted molar refractivity (Wildman–Crippen MR) is 172 cm³/mol. The number of aromatic nitrogens is 2. The van der Waals surface area contributed by atoms with Crippen LogP contribution in [0.15, 0.2) is 83.3 Å². The molecule has 0 saturated carbocycles.